The minimum Gasteiger partial charge on any atom is -0.451 e. The topological polar surface area (TPSA) is 179 Å². The zero-order chi connectivity index (χ0) is 19.6. The summed E-state index contributed by atoms with van der Waals surface area (Å²) in [7, 11) is -11.1. The molecule has 0 amide bonds. The SMILES string of the molecule is NC(Oc1ccccc1)(C(N)(Oc1ccccc1)S(=O)(=O)O)S(=O)(=O)O. The molecule has 2 rings (SSSR count). The normalized spacial score (nSPS) is 16.9. The first-order chi connectivity index (χ1) is 11.9. The third-order valence-electron chi connectivity index (χ3n) is 3.28. The van der Waals surface area contributed by atoms with Crippen molar-refractivity contribution in [1.82, 2.24) is 0 Å². The molecule has 2 aromatic carbocycles. The summed E-state index contributed by atoms with van der Waals surface area (Å²) in [5, 5.41) is -7.24. The number of nitrogens with two attached hydrogens (primary N) is 2. The molecule has 0 heterocycles. The second-order valence-electron chi connectivity index (χ2n) is 5.12. The van der Waals surface area contributed by atoms with E-state index in [9.17, 15) is 25.9 Å². The van der Waals surface area contributed by atoms with Crippen LogP contribution in [0, 0.1) is 0 Å². The number of hydrogen-bond acceptors (Lipinski definition) is 8. The Labute approximate surface area is 149 Å². The number of rotatable bonds is 7. The second-order valence-corrected chi connectivity index (χ2v) is 8.23. The third kappa shape index (κ3) is 3.65. The molecule has 26 heavy (non-hydrogen) atoms. The molecule has 0 aliphatic rings. The van der Waals surface area contributed by atoms with E-state index in [0.29, 0.717) is 0 Å². The minimum absolute atomic E-state index is 0.261. The molecule has 0 saturated carbocycles. The summed E-state index contributed by atoms with van der Waals surface area (Å²) in [6, 6.07) is 13.7. The van der Waals surface area contributed by atoms with Crippen LogP contribution in [0.15, 0.2) is 60.7 Å². The lowest BCUT2D eigenvalue weighted by Crippen LogP contribution is -2.78. The second kappa shape index (κ2) is 6.83. The van der Waals surface area contributed by atoms with Crippen LogP contribution in [-0.2, 0) is 20.2 Å². The Morgan fingerprint density at radius 1 is 0.654 bits per heavy atom. The highest BCUT2D eigenvalue weighted by Crippen LogP contribution is 2.33. The first kappa shape index (κ1) is 20.1. The molecule has 0 aliphatic carbocycles. The van der Waals surface area contributed by atoms with Gasteiger partial charge in [-0.3, -0.25) is 20.6 Å². The number of benzene rings is 2. The molecule has 2 aromatic rings. The molecular formula is C14H16N2O8S2. The Balaban J connectivity index is 2.67. The molecule has 10 nitrogen and oxygen atoms in total. The summed E-state index contributed by atoms with van der Waals surface area (Å²) in [4.78, 5) is 0. The van der Waals surface area contributed by atoms with E-state index in [0.717, 1.165) is 0 Å². The Morgan fingerprint density at radius 2 is 0.923 bits per heavy atom. The van der Waals surface area contributed by atoms with Crippen LogP contribution in [0.2, 0.25) is 0 Å². The zero-order valence-corrected chi connectivity index (χ0v) is 14.7. The van der Waals surface area contributed by atoms with Gasteiger partial charge in [-0.1, -0.05) is 36.4 Å². The van der Waals surface area contributed by atoms with Crippen LogP contribution in [0.25, 0.3) is 0 Å². The number of ether oxygens (including phenoxy) is 2. The molecule has 142 valence electrons. The standard InChI is InChI=1S/C14H16N2O8S2/c15-13(25(17,18)19,23-11-7-3-1-4-8-11)14(16,26(20,21)22)24-12-9-5-2-6-10-12/h1-10H,15-16H2,(H,17,18,19)(H,20,21,22). The van der Waals surface area contributed by atoms with Crippen molar-refractivity contribution in [3.63, 3.8) is 0 Å². The highest BCUT2D eigenvalue weighted by Gasteiger charge is 2.69. The van der Waals surface area contributed by atoms with E-state index in [-0.39, 0.29) is 11.5 Å². The third-order valence-corrected chi connectivity index (χ3v) is 5.71. The van der Waals surface area contributed by atoms with Gasteiger partial charge in [0.2, 0.25) is 0 Å². The predicted molar refractivity (Wildman–Crippen MR) is 91.1 cm³/mol. The van der Waals surface area contributed by atoms with Crippen LogP contribution in [0.4, 0.5) is 0 Å². The van der Waals surface area contributed by atoms with Crippen molar-refractivity contribution in [3.8, 4) is 11.5 Å². The summed E-state index contributed by atoms with van der Waals surface area (Å²) in [6.45, 7) is 0. The Bertz CT molecular complexity index is 885. The average Bonchev–Trinajstić information content (AvgIpc) is 2.54. The van der Waals surface area contributed by atoms with Gasteiger partial charge in [0.15, 0.2) is 0 Å². The van der Waals surface area contributed by atoms with Crippen LogP contribution in [0.3, 0.4) is 0 Å². The maximum Gasteiger partial charge on any atom is 0.358 e. The van der Waals surface area contributed by atoms with Gasteiger partial charge in [0, 0.05) is 0 Å². The van der Waals surface area contributed by atoms with Crippen LogP contribution >= 0.6 is 0 Å². The number of hydrogen-bond donors (Lipinski definition) is 4. The van der Waals surface area contributed by atoms with Crippen molar-refractivity contribution in [3.05, 3.63) is 60.7 Å². The van der Waals surface area contributed by atoms with Gasteiger partial charge in [0.25, 0.3) is 0 Å². The van der Waals surface area contributed by atoms with E-state index in [2.05, 4.69) is 0 Å². The first-order valence-electron chi connectivity index (χ1n) is 6.91. The maximum atomic E-state index is 11.9. The molecule has 6 N–H and O–H groups in total. The van der Waals surface area contributed by atoms with E-state index in [1.807, 2.05) is 0 Å². The number of para-hydroxylation sites is 2. The van der Waals surface area contributed by atoms with Gasteiger partial charge in [-0.2, -0.15) is 16.8 Å². The average molecular weight is 404 g/mol. The van der Waals surface area contributed by atoms with Crippen molar-refractivity contribution in [2.75, 3.05) is 0 Å². The van der Waals surface area contributed by atoms with Crippen molar-refractivity contribution in [1.29, 1.82) is 0 Å². The van der Waals surface area contributed by atoms with Crippen molar-refractivity contribution < 1.29 is 35.4 Å². The monoisotopic (exact) mass is 404 g/mol. The molecule has 0 radical (unpaired) electrons. The Morgan fingerprint density at radius 3 is 1.15 bits per heavy atom. The largest absolute Gasteiger partial charge is 0.451 e. The van der Waals surface area contributed by atoms with E-state index >= 15 is 0 Å². The first-order valence-corrected chi connectivity index (χ1v) is 9.79. The molecule has 12 heteroatoms. The van der Waals surface area contributed by atoms with Gasteiger partial charge in [-0.15, -0.1) is 0 Å². The van der Waals surface area contributed by atoms with Crippen LogP contribution < -0.4 is 20.9 Å². The van der Waals surface area contributed by atoms with Crippen molar-refractivity contribution in [2.45, 2.75) is 10.1 Å². The van der Waals surface area contributed by atoms with E-state index in [1.165, 1.54) is 48.5 Å². The summed E-state index contributed by atoms with van der Waals surface area (Å²) < 4.78 is 76.7. The van der Waals surface area contributed by atoms with Crippen LogP contribution in [-0.4, -0.2) is 36.1 Å². The van der Waals surface area contributed by atoms with E-state index in [4.69, 9.17) is 20.9 Å². The Hall–Kier alpha value is -2.22. The highest BCUT2D eigenvalue weighted by molar-refractivity contribution is 7.91. The molecule has 0 fully saturated rings. The summed E-state index contributed by atoms with van der Waals surface area (Å²) >= 11 is 0. The summed E-state index contributed by atoms with van der Waals surface area (Å²) in [6.07, 6.45) is 0. The molecular weight excluding hydrogens is 388 g/mol. The van der Waals surface area contributed by atoms with Gasteiger partial charge in [0.05, 0.1) is 0 Å². The lowest BCUT2D eigenvalue weighted by molar-refractivity contribution is -0.0136. The molecule has 0 spiro atoms. The fraction of sp³-hybridized carbons (Fsp3) is 0.143. The van der Waals surface area contributed by atoms with Gasteiger partial charge >= 0.3 is 30.4 Å². The molecule has 0 aliphatic heterocycles. The molecule has 0 bridgehead atoms. The smallest absolute Gasteiger partial charge is 0.358 e. The summed E-state index contributed by atoms with van der Waals surface area (Å²) in [5.41, 5.74) is 11.1. The maximum absolute atomic E-state index is 11.9. The molecule has 2 unspecified atom stereocenters. The molecule has 0 aromatic heterocycles. The van der Waals surface area contributed by atoms with E-state index < -0.39 is 30.4 Å². The molecule has 0 saturated heterocycles. The highest BCUT2D eigenvalue weighted by atomic mass is 32.2. The van der Waals surface area contributed by atoms with Gasteiger partial charge < -0.3 is 9.47 Å². The zero-order valence-electron chi connectivity index (χ0n) is 13.1. The van der Waals surface area contributed by atoms with Crippen LogP contribution in [0.5, 0.6) is 11.5 Å². The summed E-state index contributed by atoms with van der Waals surface area (Å²) in [5.74, 6) is -0.523. The molecule has 2 atom stereocenters. The van der Waals surface area contributed by atoms with Gasteiger partial charge in [-0.25, -0.2) is 0 Å². The Kier molecular flexibility index (Phi) is 5.28. The fourth-order valence-electron chi connectivity index (χ4n) is 1.93. The fourth-order valence-corrected chi connectivity index (χ4v) is 3.77. The van der Waals surface area contributed by atoms with Crippen molar-refractivity contribution in [2.24, 2.45) is 11.5 Å². The predicted octanol–water partition coefficient (Wildman–Crippen LogP) is 0.145. The van der Waals surface area contributed by atoms with Crippen molar-refractivity contribution >= 4 is 20.2 Å². The minimum atomic E-state index is -5.56. The lowest BCUT2D eigenvalue weighted by Gasteiger charge is -2.39. The van der Waals surface area contributed by atoms with E-state index in [1.54, 1.807) is 12.1 Å². The van der Waals surface area contributed by atoms with Crippen LogP contribution in [0.1, 0.15) is 0 Å². The van der Waals surface area contributed by atoms with Gasteiger partial charge in [-0.05, 0) is 24.3 Å². The quantitative estimate of drug-likeness (QED) is 0.366. The van der Waals surface area contributed by atoms with Gasteiger partial charge in [0.1, 0.15) is 11.5 Å². The lowest BCUT2D eigenvalue weighted by atomic mass is 10.3.